The van der Waals surface area contributed by atoms with Crippen LogP contribution in [0.15, 0.2) is 76.6 Å². The zero-order valence-electron chi connectivity index (χ0n) is 27.1. The van der Waals surface area contributed by atoms with Crippen LogP contribution in [-0.4, -0.2) is 48.3 Å². The number of amides is 3. The first-order valence-corrected chi connectivity index (χ1v) is 18.1. The van der Waals surface area contributed by atoms with Crippen molar-refractivity contribution in [3.8, 4) is 17.2 Å². The van der Waals surface area contributed by atoms with E-state index >= 15 is 0 Å². The normalized spacial score (nSPS) is 26.3. The van der Waals surface area contributed by atoms with Crippen LogP contribution < -0.4 is 29.3 Å². The number of fused-ring (bicyclic) bond motifs is 9. The van der Waals surface area contributed by atoms with Crippen LogP contribution in [0.4, 0.5) is 11.4 Å². The number of H-pyrrole nitrogens is 1. The number of methoxy groups -OCH3 is 1. The van der Waals surface area contributed by atoms with Crippen molar-refractivity contribution in [2.24, 2.45) is 29.6 Å². The zero-order chi connectivity index (χ0) is 34.0. The van der Waals surface area contributed by atoms with E-state index in [1.165, 1.54) is 16.2 Å². The van der Waals surface area contributed by atoms with Crippen LogP contribution in [0.1, 0.15) is 35.3 Å². The van der Waals surface area contributed by atoms with Gasteiger partial charge in [-0.1, -0.05) is 29.5 Å². The molecule has 0 spiro atoms. The molecule has 4 unspecified atom stereocenters. The molecule has 3 fully saturated rings. The van der Waals surface area contributed by atoms with Crippen LogP contribution in [0.5, 0.6) is 17.2 Å². The van der Waals surface area contributed by atoms with Gasteiger partial charge in [0.1, 0.15) is 5.75 Å². The molecule has 2 bridgehead atoms. The number of hydrogen-bond donors (Lipinski definition) is 2. The maximum Gasteiger partial charge on any atom is 0.305 e. The van der Waals surface area contributed by atoms with Gasteiger partial charge in [-0.2, -0.15) is 0 Å². The van der Waals surface area contributed by atoms with Crippen molar-refractivity contribution in [1.29, 1.82) is 0 Å². The summed E-state index contributed by atoms with van der Waals surface area (Å²) in [4.78, 5) is 58.8. The maximum absolute atomic E-state index is 14.1. The molecule has 3 amide bonds. The SMILES string of the molecule is CCOc1cc([C@H]2c3sc(=O)[nH]c3SC3C2[C@H]2C[C@@H]3C3C(=O)N(c4ccc(OC)cc4)C(=O)C32)ccc1OCC(=O)Nc1cccc(C)c1. The van der Waals surface area contributed by atoms with Gasteiger partial charge in [0.15, 0.2) is 18.1 Å². The van der Waals surface area contributed by atoms with Crippen molar-refractivity contribution >= 4 is 52.2 Å². The van der Waals surface area contributed by atoms with Gasteiger partial charge in [0.25, 0.3) is 5.91 Å². The Labute approximate surface area is 291 Å². The summed E-state index contributed by atoms with van der Waals surface area (Å²) < 4.78 is 17.3. The highest BCUT2D eigenvalue weighted by Crippen LogP contribution is 2.68. The molecule has 8 rings (SSSR count). The highest BCUT2D eigenvalue weighted by Gasteiger charge is 2.69. The fourth-order valence-corrected chi connectivity index (χ4v) is 11.4. The van der Waals surface area contributed by atoms with Gasteiger partial charge in [-0.05, 0) is 97.7 Å². The largest absolute Gasteiger partial charge is 0.497 e. The highest BCUT2D eigenvalue weighted by atomic mass is 32.2. The molecule has 49 heavy (non-hydrogen) atoms. The van der Waals surface area contributed by atoms with E-state index in [1.54, 1.807) is 43.1 Å². The summed E-state index contributed by atoms with van der Waals surface area (Å²) in [6, 6.07) is 20.3. The van der Waals surface area contributed by atoms with Gasteiger partial charge in [-0.15, -0.1) is 11.8 Å². The summed E-state index contributed by atoms with van der Waals surface area (Å²) >= 11 is 2.86. The number of aromatic nitrogens is 1. The maximum atomic E-state index is 14.1. The zero-order valence-corrected chi connectivity index (χ0v) is 28.8. The summed E-state index contributed by atoms with van der Waals surface area (Å²) in [5.41, 5.74) is 3.24. The van der Waals surface area contributed by atoms with Crippen LogP contribution in [-0.2, 0) is 14.4 Å². The van der Waals surface area contributed by atoms with Crippen LogP contribution in [0.25, 0.3) is 0 Å². The lowest BCUT2D eigenvalue weighted by Gasteiger charge is -2.43. The fourth-order valence-electron chi connectivity index (χ4n) is 8.54. The number of carbonyl (C=O) groups excluding carboxylic acids is 3. The molecule has 2 aliphatic heterocycles. The minimum atomic E-state index is -0.415. The highest BCUT2D eigenvalue weighted by molar-refractivity contribution is 8.00. The predicted octanol–water partition coefficient (Wildman–Crippen LogP) is 5.85. The number of thioether (sulfide) groups is 1. The third-order valence-corrected chi connectivity index (χ3v) is 12.9. The smallest absolute Gasteiger partial charge is 0.305 e. The molecule has 3 heterocycles. The Morgan fingerprint density at radius 1 is 0.959 bits per heavy atom. The van der Waals surface area contributed by atoms with E-state index in [1.807, 2.05) is 56.3 Å². The molecule has 4 aromatic rings. The number of thiazole rings is 1. The lowest BCUT2D eigenvalue weighted by atomic mass is 9.68. The number of aryl methyl sites for hydroxylation is 1. The molecular formula is C37H35N3O7S2. The van der Waals surface area contributed by atoms with Crippen LogP contribution in [0.3, 0.4) is 0 Å². The number of carbonyl (C=O) groups is 3. The van der Waals surface area contributed by atoms with E-state index in [0.29, 0.717) is 35.2 Å². The second-order valence-corrected chi connectivity index (χ2v) is 15.2. The van der Waals surface area contributed by atoms with Crippen molar-refractivity contribution in [1.82, 2.24) is 4.98 Å². The number of nitrogens with zero attached hydrogens (tertiary/aromatic N) is 1. The molecule has 1 aromatic heterocycles. The number of nitrogens with one attached hydrogen (secondary N) is 2. The number of aromatic amines is 1. The Balaban J connectivity index is 1.10. The minimum Gasteiger partial charge on any atom is -0.497 e. The van der Waals surface area contributed by atoms with Gasteiger partial charge in [-0.25, -0.2) is 0 Å². The molecule has 1 saturated heterocycles. The topological polar surface area (TPSA) is 127 Å². The number of hydrogen-bond acceptors (Lipinski definition) is 9. The summed E-state index contributed by atoms with van der Waals surface area (Å²) in [5.74, 6) is 0.0398. The Hall–Kier alpha value is -4.55. The molecule has 2 N–H and O–H groups in total. The summed E-state index contributed by atoms with van der Waals surface area (Å²) in [5, 5.41) is 3.75. The molecule has 12 heteroatoms. The van der Waals surface area contributed by atoms with Crippen molar-refractivity contribution in [3.63, 3.8) is 0 Å². The first kappa shape index (κ1) is 31.7. The van der Waals surface area contributed by atoms with Crippen molar-refractivity contribution < 1.29 is 28.6 Å². The fraction of sp³-hybridized carbons (Fsp3) is 0.351. The first-order valence-electron chi connectivity index (χ1n) is 16.4. The van der Waals surface area contributed by atoms with E-state index in [2.05, 4.69) is 10.3 Å². The monoisotopic (exact) mass is 697 g/mol. The number of ether oxygens (including phenoxy) is 3. The molecule has 2 aliphatic carbocycles. The van der Waals surface area contributed by atoms with Gasteiger partial charge in [0.2, 0.25) is 11.8 Å². The van der Waals surface area contributed by atoms with E-state index in [-0.39, 0.29) is 64.0 Å². The predicted molar refractivity (Wildman–Crippen MR) is 187 cm³/mol. The van der Waals surface area contributed by atoms with Gasteiger partial charge >= 0.3 is 4.87 Å². The Kier molecular flexibility index (Phi) is 8.02. The third kappa shape index (κ3) is 5.32. The van der Waals surface area contributed by atoms with Crippen molar-refractivity contribution in [2.75, 3.05) is 30.5 Å². The van der Waals surface area contributed by atoms with Gasteiger partial charge in [-0.3, -0.25) is 24.1 Å². The Bertz CT molecular complexity index is 2020. The summed E-state index contributed by atoms with van der Waals surface area (Å²) in [7, 11) is 1.58. The minimum absolute atomic E-state index is 0.00429. The second-order valence-electron chi connectivity index (χ2n) is 13.0. The van der Waals surface area contributed by atoms with Crippen LogP contribution in [0.2, 0.25) is 0 Å². The molecule has 4 aliphatic rings. The van der Waals surface area contributed by atoms with Crippen molar-refractivity contribution in [3.05, 3.63) is 92.4 Å². The molecule has 2 saturated carbocycles. The average molecular weight is 698 g/mol. The number of benzene rings is 3. The van der Waals surface area contributed by atoms with Gasteiger partial charge < -0.3 is 24.5 Å². The number of imide groups is 1. The molecule has 7 atom stereocenters. The van der Waals surface area contributed by atoms with E-state index in [4.69, 9.17) is 14.2 Å². The van der Waals surface area contributed by atoms with Gasteiger partial charge in [0, 0.05) is 21.7 Å². The Morgan fingerprint density at radius 3 is 2.47 bits per heavy atom. The van der Waals surface area contributed by atoms with E-state index in [9.17, 15) is 19.2 Å². The molecule has 3 aromatic carbocycles. The lowest BCUT2D eigenvalue weighted by molar-refractivity contribution is -0.123. The number of rotatable bonds is 9. The second kappa shape index (κ2) is 12.4. The summed E-state index contributed by atoms with van der Waals surface area (Å²) in [6.45, 7) is 4.03. The number of anilines is 2. The van der Waals surface area contributed by atoms with E-state index < -0.39 is 5.92 Å². The van der Waals surface area contributed by atoms with Gasteiger partial charge in [0.05, 0.1) is 36.3 Å². The quantitative estimate of drug-likeness (QED) is 0.209. The third-order valence-electron chi connectivity index (χ3n) is 10.3. The molecule has 10 nitrogen and oxygen atoms in total. The summed E-state index contributed by atoms with van der Waals surface area (Å²) in [6.07, 6.45) is 0.789. The van der Waals surface area contributed by atoms with Crippen LogP contribution in [0, 0.1) is 36.5 Å². The standard InChI is InChI=1S/C37H35N3O7S2/c1-4-46-26-15-19(8-13-25(26)47-17-27(41)38-20-7-5-6-18(2)14-20)28-29-23-16-24(32(29)48-34-33(28)49-37(44)39-34)31-30(23)35(42)40(36(31)43)21-9-11-22(45-3)12-10-21/h5-15,23-24,28-32H,4,16-17H2,1-3H3,(H,38,41)(H,39,44)/t23-,24-,28-,29?,30?,31?,32?/m1/s1. The first-order chi connectivity index (χ1) is 23.7. The average Bonchev–Trinajstić information content (AvgIpc) is 3.83. The lowest BCUT2D eigenvalue weighted by Crippen LogP contribution is -2.42. The molecule has 0 radical (unpaired) electrons. The van der Waals surface area contributed by atoms with E-state index in [0.717, 1.165) is 27.5 Å². The van der Waals surface area contributed by atoms with Crippen LogP contribution >= 0.6 is 23.1 Å². The Morgan fingerprint density at radius 2 is 1.73 bits per heavy atom. The molecule has 252 valence electrons. The molecular weight excluding hydrogens is 663 g/mol. The van der Waals surface area contributed by atoms with Crippen molar-refractivity contribution in [2.45, 2.75) is 36.5 Å².